The molecule has 1 aromatic carbocycles. The molecule has 1 aliphatic rings. The lowest BCUT2D eigenvalue weighted by Gasteiger charge is -2.24. The molecule has 7 heteroatoms. The molecule has 3 aromatic rings. The van der Waals surface area contributed by atoms with Crippen molar-refractivity contribution in [2.75, 3.05) is 10.7 Å². The molecule has 114 valence electrons. The van der Waals surface area contributed by atoms with Crippen LogP contribution in [0.25, 0.3) is 11.3 Å². The van der Waals surface area contributed by atoms with Gasteiger partial charge < -0.3 is 0 Å². The van der Waals surface area contributed by atoms with Crippen LogP contribution in [0.15, 0.2) is 54.2 Å². The topological polar surface area (TPSA) is 59.0 Å². The Balaban J connectivity index is 1.66. The van der Waals surface area contributed by atoms with Crippen molar-refractivity contribution < 1.29 is 4.79 Å². The Kier molecular flexibility index (Phi) is 3.80. The fraction of sp³-hybridized carbons (Fsp3) is 0.125. The first kappa shape index (κ1) is 14.3. The highest BCUT2D eigenvalue weighted by molar-refractivity contribution is 8.00. The van der Waals surface area contributed by atoms with Crippen molar-refractivity contribution >= 4 is 34.9 Å². The minimum atomic E-state index is -0.0250. The van der Waals surface area contributed by atoms with Gasteiger partial charge in [0, 0.05) is 34.6 Å². The molecule has 1 atom stereocenters. The maximum atomic E-state index is 12.3. The predicted octanol–water partition coefficient (Wildman–Crippen LogP) is 3.38. The van der Waals surface area contributed by atoms with Crippen LogP contribution in [0, 0.1) is 0 Å². The molecule has 0 spiro atoms. The maximum Gasteiger partial charge on any atom is 0.238 e. The van der Waals surface area contributed by atoms with Gasteiger partial charge in [0.1, 0.15) is 11.1 Å². The normalized spacial score (nSPS) is 17.7. The molecule has 1 amide bonds. The molecule has 0 saturated carbocycles. The highest BCUT2D eigenvalue weighted by Crippen LogP contribution is 2.41. The third kappa shape index (κ3) is 2.73. The van der Waals surface area contributed by atoms with Crippen molar-refractivity contribution in [3.63, 3.8) is 0 Å². The molecule has 0 aliphatic carbocycles. The van der Waals surface area contributed by atoms with E-state index < -0.39 is 0 Å². The molecule has 4 rings (SSSR count). The summed E-state index contributed by atoms with van der Waals surface area (Å²) in [5.74, 6) is 0.601. The van der Waals surface area contributed by atoms with E-state index in [0.717, 1.165) is 22.5 Å². The maximum absolute atomic E-state index is 12.3. The minimum Gasteiger partial charge on any atom is -0.295 e. The molecule has 23 heavy (non-hydrogen) atoms. The number of carbonyl (C=O) groups excluding carboxylic acids is 1. The zero-order chi connectivity index (χ0) is 15.6. The lowest BCUT2D eigenvalue weighted by atomic mass is 10.1. The summed E-state index contributed by atoms with van der Waals surface area (Å²) in [5.41, 5.74) is 3.78. The number of benzene rings is 1. The van der Waals surface area contributed by atoms with Crippen LogP contribution in [-0.2, 0) is 4.79 Å². The molecule has 0 bridgehead atoms. The molecular weight excluding hydrogens is 328 g/mol. The van der Waals surface area contributed by atoms with E-state index in [1.807, 2.05) is 52.9 Å². The number of nitrogens with zero attached hydrogens (tertiary/aromatic N) is 4. The van der Waals surface area contributed by atoms with Crippen LogP contribution in [0.1, 0.15) is 10.9 Å². The van der Waals surface area contributed by atoms with Gasteiger partial charge in [0.2, 0.25) is 5.91 Å². The SMILES string of the molecule is O=C1CS[C@H](c2cccnc2)N1c1ccc(-c2csnn2)cc1. The lowest BCUT2D eigenvalue weighted by Crippen LogP contribution is -2.27. The van der Waals surface area contributed by atoms with Gasteiger partial charge in [-0.05, 0) is 29.7 Å². The number of pyridine rings is 1. The van der Waals surface area contributed by atoms with Crippen LogP contribution in [-0.4, -0.2) is 26.2 Å². The van der Waals surface area contributed by atoms with Gasteiger partial charge in [-0.2, -0.15) is 0 Å². The molecule has 2 aromatic heterocycles. The van der Waals surface area contributed by atoms with E-state index in [4.69, 9.17) is 0 Å². The molecule has 1 saturated heterocycles. The van der Waals surface area contributed by atoms with Crippen LogP contribution in [0.2, 0.25) is 0 Å². The number of hydrogen-bond donors (Lipinski definition) is 0. The molecule has 0 N–H and O–H groups in total. The van der Waals surface area contributed by atoms with Crippen LogP contribution >= 0.6 is 23.3 Å². The van der Waals surface area contributed by atoms with Gasteiger partial charge in [0.25, 0.3) is 0 Å². The molecule has 0 radical (unpaired) electrons. The summed E-state index contributed by atoms with van der Waals surface area (Å²) in [7, 11) is 0. The Labute approximate surface area is 141 Å². The van der Waals surface area contributed by atoms with Crippen molar-refractivity contribution in [1.82, 2.24) is 14.6 Å². The minimum absolute atomic E-state index is 0.0250. The monoisotopic (exact) mass is 340 g/mol. The van der Waals surface area contributed by atoms with E-state index >= 15 is 0 Å². The van der Waals surface area contributed by atoms with Gasteiger partial charge in [0.15, 0.2) is 0 Å². The van der Waals surface area contributed by atoms with Crippen molar-refractivity contribution in [3.8, 4) is 11.3 Å². The fourth-order valence-electron chi connectivity index (χ4n) is 2.55. The van der Waals surface area contributed by atoms with Crippen molar-refractivity contribution in [3.05, 3.63) is 59.7 Å². The zero-order valence-electron chi connectivity index (χ0n) is 12.0. The van der Waals surface area contributed by atoms with Crippen molar-refractivity contribution in [2.24, 2.45) is 0 Å². The molecule has 0 unspecified atom stereocenters. The Hall–Kier alpha value is -2.25. The summed E-state index contributed by atoms with van der Waals surface area (Å²) in [6.45, 7) is 0. The van der Waals surface area contributed by atoms with Crippen molar-refractivity contribution in [1.29, 1.82) is 0 Å². The largest absolute Gasteiger partial charge is 0.295 e. The Morgan fingerprint density at radius 2 is 2.04 bits per heavy atom. The number of anilines is 1. The highest BCUT2D eigenvalue weighted by Gasteiger charge is 2.34. The third-order valence-corrected chi connectivity index (χ3v) is 5.36. The van der Waals surface area contributed by atoms with Crippen LogP contribution in [0.4, 0.5) is 5.69 Å². The number of thioether (sulfide) groups is 1. The van der Waals surface area contributed by atoms with Gasteiger partial charge >= 0.3 is 0 Å². The molecular formula is C16H12N4OS2. The predicted molar refractivity (Wildman–Crippen MR) is 92.3 cm³/mol. The summed E-state index contributed by atoms with van der Waals surface area (Å²) in [5, 5.41) is 5.95. The average molecular weight is 340 g/mol. The molecule has 1 aliphatic heterocycles. The van der Waals surface area contributed by atoms with E-state index in [0.29, 0.717) is 5.75 Å². The zero-order valence-corrected chi connectivity index (χ0v) is 13.6. The molecule has 3 heterocycles. The second-order valence-corrected chi connectivity index (χ2v) is 6.73. The Morgan fingerprint density at radius 1 is 1.17 bits per heavy atom. The lowest BCUT2D eigenvalue weighted by molar-refractivity contribution is -0.115. The molecule has 5 nitrogen and oxygen atoms in total. The average Bonchev–Trinajstić information content (AvgIpc) is 3.26. The van der Waals surface area contributed by atoms with E-state index in [9.17, 15) is 4.79 Å². The number of carbonyl (C=O) groups is 1. The standard InChI is InChI=1S/C16H12N4OS2/c21-15-10-22-16(12-2-1-7-17-8-12)20(15)13-5-3-11(4-6-13)14-9-23-19-18-14/h1-9,16H,10H2/t16-/m1/s1. The van der Waals surface area contributed by atoms with E-state index in [1.54, 1.807) is 18.0 Å². The third-order valence-electron chi connectivity index (χ3n) is 3.64. The van der Waals surface area contributed by atoms with Gasteiger partial charge in [-0.1, -0.05) is 22.7 Å². The number of amides is 1. The first-order valence-corrected chi connectivity index (χ1v) is 8.92. The molecule has 1 fully saturated rings. The fourth-order valence-corrected chi connectivity index (χ4v) is 4.18. The van der Waals surface area contributed by atoms with Gasteiger partial charge in [-0.25, -0.2) is 0 Å². The second kappa shape index (κ2) is 6.10. The van der Waals surface area contributed by atoms with Gasteiger partial charge in [-0.15, -0.1) is 16.9 Å². The summed E-state index contributed by atoms with van der Waals surface area (Å²) < 4.78 is 3.88. The second-order valence-electron chi connectivity index (χ2n) is 5.05. The summed E-state index contributed by atoms with van der Waals surface area (Å²) in [6.07, 6.45) is 3.56. The summed E-state index contributed by atoms with van der Waals surface area (Å²) >= 11 is 2.95. The first-order valence-electron chi connectivity index (χ1n) is 7.04. The van der Waals surface area contributed by atoms with E-state index in [1.165, 1.54) is 11.5 Å². The van der Waals surface area contributed by atoms with Crippen LogP contribution in [0.3, 0.4) is 0 Å². The number of hydrogen-bond acceptors (Lipinski definition) is 6. The Bertz CT molecular complexity index is 806. The van der Waals surface area contributed by atoms with Crippen LogP contribution < -0.4 is 4.90 Å². The van der Waals surface area contributed by atoms with E-state index in [-0.39, 0.29) is 11.3 Å². The highest BCUT2D eigenvalue weighted by atomic mass is 32.2. The smallest absolute Gasteiger partial charge is 0.238 e. The summed E-state index contributed by atoms with van der Waals surface area (Å²) in [6, 6.07) is 11.8. The van der Waals surface area contributed by atoms with Gasteiger partial charge in [-0.3, -0.25) is 14.7 Å². The quantitative estimate of drug-likeness (QED) is 0.731. The summed E-state index contributed by atoms with van der Waals surface area (Å²) in [4.78, 5) is 18.3. The Morgan fingerprint density at radius 3 is 2.74 bits per heavy atom. The van der Waals surface area contributed by atoms with Gasteiger partial charge in [0.05, 0.1) is 5.75 Å². The number of aromatic nitrogens is 3. The van der Waals surface area contributed by atoms with E-state index in [2.05, 4.69) is 14.6 Å². The van der Waals surface area contributed by atoms with Crippen LogP contribution in [0.5, 0.6) is 0 Å². The first-order chi connectivity index (χ1) is 11.3. The van der Waals surface area contributed by atoms with Crippen molar-refractivity contribution in [2.45, 2.75) is 5.37 Å². The number of rotatable bonds is 3.